The minimum atomic E-state index is -4.61. The molecule has 2 aromatic heterocycles. The van der Waals surface area contributed by atoms with Crippen LogP contribution < -0.4 is 4.74 Å². The fourth-order valence-electron chi connectivity index (χ4n) is 4.27. The lowest BCUT2D eigenvalue weighted by Gasteiger charge is -2.31. The second kappa shape index (κ2) is 9.95. The molecule has 3 aromatic rings. The number of pyridine rings is 1. The summed E-state index contributed by atoms with van der Waals surface area (Å²) in [4.78, 5) is 6.38. The van der Waals surface area contributed by atoms with Crippen molar-refractivity contribution in [3.63, 3.8) is 0 Å². The molecule has 180 valence electrons. The number of rotatable bonds is 7. The van der Waals surface area contributed by atoms with E-state index in [0.717, 1.165) is 32.0 Å². The van der Waals surface area contributed by atoms with Gasteiger partial charge < -0.3 is 14.7 Å². The summed E-state index contributed by atoms with van der Waals surface area (Å²) in [6.07, 6.45) is -2.07. The molecule has 0 bridgehead atoms. The number of alkyl halides is 3. The number of fused-ring (bicyclic) bond motifs is 1. The van der Waals surface area contributed by atoms with E-state index < -0.39 is 11.7 Å². The van der Waals surface area contributed by atoms with Crippen LogP contribution in [0, 0.1) is 17.2 Å². The highest BCUT2D eigenvalue weighted by Gasteiger charge is 2.35. The quantitative estimate of drug-likeness (QED) is 0.560. The van der Waals surface area contributed by atoms with Crippen LogP contribution in [-0.4, -0.2) is 62.8 Å². The summed E-state index contributed by atoms with van der Waals surface area (Å²) in [6, 6.07) is 7.31. The largest absolute Gasteiger partial charge is 0.493 e. The Hall–Kier alpha value is -3.23. The lowest BCUT2D eigenvalue weighted by molar-refractivity contribution is -0.138. The second-order valence-corrected chi connectivity index (χ2v) is 8.40. The van der Waals surface area contributed by atoms with E-state index in [1.807, 2.05) is 6.07 Å². The van der Waals surface area contributed by atoms with Gasteiger partial charge in [-0.15, -0.1) is 5.10 Å². The number of benzene rings is 1. The Morgan fingerprint density at radius 2 is 2.00 bits per heavy atom. The van der Waals surface area contributed by atoms with Gasteiger partial charge in [-0.25, -0.2) is 9.67 Å². The standard InChI is InChI=1S/C23H25F3N6O2/c1-31-20-13-18(28-19(14-27)22(20)29-30-31)16-2-3-21(17(12-16)23(24,25)26)34-11-6-15-4-7-32(8-5-15)9-10-33/h2-3,12-13,15,33H,4-11H2,1H3. The molecule has 0 unspecified atom stereocenters. The fourth-order valence-corrected chi connectivity index (χ4v) is 4.27. The maximum atomic E-state index is 13.9. The Morgan fingerprint density at radius 3 is 2.68 bits per heavy atom. The van der Waals surface area contributed by atoms with E-state index in [2.05, 4.69) is 20.2 Å². The molecule has 1 aliphatic heterocycles. The van der Waals surface area contributed by atoms with Gasteiger partial charge >= 0.3 is 6.18 Å². The highest BCUT2D eigenvalue weighted by molar-refractivity contribution is 5.83. The zero-order valence-electron chi connectivity index (χ0n) is 18.7. The summed E-state index contributed by atoms with van der Waals surface area (Å²) in [5.74, 6) is 0.161. The number of nitrogens with zero attached hydrogens (tertiary/aromatic N) is 6. The van der Waals surface area contributed by atoms with Gasteiger partial charge in [0, 0.05) is 19.2 Å². The number of halogens is 3. The van der Waals surface area contributed by atoms with Crippen LogP contribution in [0.4, 0.5) is 13.2 Å². The van der Waals surface area contributed by atoms with Gasteiger partial charge in [0.2, 0.25) is 0 Å². The molecule has 0 aliphatic carbocycles. The van der Waals surface area contributed by atoms with Crippen LogP contribution in [-0.2, 0) is 13.2 Å². The van der Waals surface area contributed by atoms with E-state index in [4.69, 9.17) is 9.84 Å². The van der Waals surface area contributed by atoms with Crippen LogP contribution >= 0.6 is 0 Å². The van der Waals surface area contributed by atoms with Crippen molar-refractivity contribution in [2.24, 2.45) is 13.0 Å². The summed E-state index contributed by atoms with van der Waals surface area (Å²) in [5, 5.41) is 26.2. The van der Waals surface area contributed by atoms with Crippen molar-refractivity contribution in [3.8, 4) is 23.1 Å². The number of nitriles is 1. The number of aromatic nitrogens is 4. The summed E-state index contributed by atoms with van der Waals surface area (Å²) in [5.41, 5.74) is 0.356. The predicted octanol–water partition coefficient (Wildman–Crippen LogP) is 3.39. The number of likely N-dealkylation sites (tertiary alicyclic amines) is 1. The third-order valence-electron chi connectivity index (χ3n) is 6.19. The Morgan fingerprint density at radius 1 is 1.24 bits per heavy atom. The normalized spacial score (nSPS) is 15.5. The number of ether oxygens (including phenoxy) is 1. The number of hydrogen-bond acceptors (Lipinski definition) is 7. The summed E-state index contributed by atoms with van der Waals surface area (Å²) in [7, 11) is 1.63. The molecule has 34 heavy (non-hydrogen) atoms. The van der Waals surface area contributed by atoms with Crippen LogP contribution in [0.1, 0.15) is 30.5 Å². The van der Waals surface area contributed by atoms with Gasteiger partial charge in [0.05, 0.1) is 30.0 Å². The summed E-state index contributed by atoms with van der Waals surface area (Å²) < 4.78 is 48.6. The van der Waals surface area contributed by atoms with E-state index in [9.17, 15) is 18.4 Å². The number of aliphatic hydroxyl groups is 1. The minimum absolute atomic E-state index is 0.000443. The lowest BCUT2D eigenvalue weighted by Crippen LogP contribution is -2.36. The first kappa shape index (κ1) is 23.9. The van der Waals surface area contributed by atoms with Gasteiger partial charge in [-0.2, -0.15) is 18.4 Å². The van der Waals surface area contributed by atoms with Crippen LogP contribution in [0.15, 0.2) is 24.3 Å². The molecule has 0 amide bonds. The van der Waals surface area contributed by atoms with Crippen molar-refractivity contribution in [2.75, 3.05) is 32.8 Å². The third-order valence-corrected chi connectivity index (χ3v) is 6.19. The van der Waals surface area contributed by atoms with Gasteiger partial charge in [-0.1, -0.05) is 5.21 Å². The highest BCUT2D eigenvalue weighted by atomic mass is 19.4. The molecular formula is C23H25F3N6O2. The molecule has 3 heterocycles. The number of aryl methyl sites for hydroxylation is 1. The second-order valence-electron chi connectivity index (χ2n) is 8.40. The molecule has 1 fully saturated rings. The van der Waals surface area contributed by atoms with E-state index in [0.29, 0.717) is 29.9 Å². The molecule has 0 spiro atoms. The van der Waals surface area contributed by atoms with Crippen molar-refractivity contribution < 1.29 is 23.0 Å². The molecular weight excluding hydrogens is 449 g/mol. The van der Waals surface area contributed by atoms with E-state index in [-0.39, 0.29) is 35.9 Å². The minimum Gasteiger partial charge on any atom is -0.493 e. The number of piperidine rings is 1. The van der Waals surface area contributed by atoms with Crippen molar-refractivity contribution >= 4 is 11.0 Å². The maximum Gasteiger partial charge on any atom is 0.419 e. The Bertz CT molecular complexity index is 1200. The van der Waals surface area contributed by atoms with Gasteiger partial charge in [-0.05, 0) is 62.5 Å². The first-order chi connectivity index (χ1) is 16.3. The molecule has 11 heteroatoms. The molecule has 0 saturated carbocycles. The zero-order chi connectivity index (χ0) is 24.3. The van der Waals surface area contributed by atoms with Gasteiger partial charge in [0.15, 0.2) is 5.69 Å². The summed E-state index contributed by atoms with van der Waals surface area (Å²) in [6.45, 7) is 2.73. The average Bonchev–Trinajstić information content (AvgIpc) is 3.20. The van der Waals surface area contributed by atoms with Gasteiger partial charge in [0.25, 0.3) is 0 Å². The molecule has 1 aliphatic rings. The van der Waals surface area contributed by atoms with Crippen LogP contribution in [0.25, 0.3) is 22.3 Å². The van der Waals surface area contributed by atoms with Gasteiger partial charge in [0.1, 0.15) is 17.3 Å². The van der Waals surface area contributed by atoms with Crippen molar-refractivity contribution in [3.05, 3.63) is 35.5 Å². The molecule has 1 saturated heterocycles. The van der Waals surface area contributed by atoms with Crippen molar-refractivity contribution in [1.29, 1.82) is 5.26 Å². The molecule has 4 rings (SSSR count). The fraction of sp³-hybridized carbons (Fsp3) is 0.478. The van der Waals surface area contributed by atoms with E-state index in [1.54, 1.807) is 13.1 Å². The van der Waals surface area contributed by atoms with Crippen molar-refractivity contribution in [2.45, 2.75) is 25.4 Å². The predicted molar refractivity (Wildman–Crippen MR) is 118 cm³/mol. The lowest BCUT2D eigenvalue weighted by atomic mass is 9.94. The number of hydrogen-bond donors (Lipinski definition) is 1. The van der Waals surface area contributed by atoms with Crippen molar-refractivity contribution in [1.82, 2.24) is 24.9 Å². The van der Waals surface area contributed by atoms with Gasteiger partial charge in [-0.3, -0.25) is 0 Å². The van der Waals surface area contributed by atoms with Crippen LogP contribution in [0.5, 0.6) is 5.75 Å². The third kappa shape index (κ3) is 5.13. The highest BCUT2D eigenvalue weighted by Crippen LogP contribution is 2.39. The molecule has 1 N–H and O–H groups in total. The Labute approximate surface area is 194 Å². The van der Waals surface area contributed by atoms with Crippen LogP contribution in [0.2, 0.25) is 0 Å². The first-order valence-corrected chi connectivity index (χ1v) is 11.1. The zero-order valence-corrected chi connectivity index (χ0v) is 18.7. The van der Waals surface area contributed by atoms with Crippen LogP contribution in [0.3, 0.4) is 0 Å². The SMILES string of the molecule is Cn1nnc2c(C#N)nc(-c3ccc(OCCC4CCN(CCO)CC4)c(C(F)(F)F)c3)cc21. The summed E-state index contributed by atoms with van der Waals surface area (Å²) >= 11 is 0. The maximum absolute atomic E-state index is 13.9. The Balaban J connectivity index is 1.52. The monoisotopic (exact) mass is 474 g/mol. The van der Waals surface area contributed by atoms with E-state index in [1.165, 1.54) is 16.8 Å². The molecule has 0 atom stereocenters. The molecule has 0 radical (unpaired) electrons. The topological polar surface area (TPSA) is 100 Å². The van der Waals surface area contributed by atoms with E-state index >= 15 is 0 Å². The molecule has 1 aromatic carbocycles. The molecule has 8 nitrogen and oxygen atoms in total. The number of β-amino-alcohol motifs (C(OH)–C–C–N with tert-alkyl or cyclic N) is 1. The smallest absolute Gasteiger partial charge is 0.419 e. The first-order valence-electron chi connectivity index (χ1n) is 11.1. The average molecular weight is 474 g/mol. The number of aliphatic hydroxyl groups excluding tert-OH is 1. The Kier molecular flexibility index (Phi) is 7.00.